The van der Waals surface area contributed by atoms with Crippen LogP contribution in [0.2, 0.25) is 0 Å². The van der Waals surface area contributed by atoms with Gasteiger partial charge in [-0.2, -0.15) is 0 Å². The third-order valence-electron chi connectivity index (χ3n) is 3.91. The van der Waals surface area contributed by atoms with Gasteiger partial charge in [0.2, 0.25) is 6.41 Å². The molecule has 0 unspecified atom stereocenters. The lowest BCUT2D eigenvalue weighted by Crippen LogP contribution is -2.14. The Hall–Kier alpha value is -3.10. The number of aryl methyl sites for hydroxylation is 2. The quantitative estimate of drug-likeness (QED) is 0.461. The molecule has 0 bridgehead atoms. The van der Waals surface area contributed by atoms with Crippen molar-refractivity contribution in [2.45, 2.75) is 26.7 Å². The summed E-state index contributed by atoms with van der Waals surface area (Å²) in [4.78, 5) is 15.6. The molecule has 0 saturated heterocycles. The van der Waals surface area contributed by atoms with Crippen molar-refractivity contribution in [3.05, 3.63) is 81.4 Å². The van der Waals surface area contributed by atoms with Crippen LogP contribution in [-0.2, 0) is 4.79 Å². The Balaban J connectivity index is 0.000000209. The molecule has 144 valence electrons. The third-order valence-corrected chi connectivity index (χ3v) is 4.90. The molecule has 0 atom stereocenters. The molecule has 0 saturated carbocycles. The standard InChI is InChI=1S/C13H11NOS.C10H13NO/c1-9-10(2)16-13(14-9)7-6-11-4-3-5-12(15)8-11;12-9-11-8-10-6-4-2-1-3-5-7-10/h3-5,8,15H,1-2H3;1-4,7,9H,5-6,8H2,(H,11,12)/b;3-1?,4-2-,10-7+. The average molecular weight is 393 g/mol. The molecule has 28 heavy (non-hydrogen) atoms. The second-order valence-electron chi connectivity index (χ2n) is 6.12. The van der Waals surface area contributed by atoms with E-state index in [1.807, 2.05) is 32.1 Å². The molecule has 1 heterocycles. The summed E-state index contributed by atoms with van der Waals surface area (Å²) in [5, 5.41) is 12.8. The zero-order valence-corrected chi connectivity index (χ0v) is 16.9. The maximum Gasteiger partial charge on any atom is 0.207 e. The molecule has 1 aromatic heterocycles. The molecule has 4 nitrogen and oxygen atoms in total. The van der Waals surface area contributed by atoms with Crippen LogP contribution in [0.5, 0.6) is 5.75 Å². The molecular weight excluding hydrogens is 368 g/mol. The number of thiazole rings is 1. The predicted octanol–water partition coefficient (Wildman–Crippen LogP) is 4.43. The minimum Gasteiger partial charge on any atom is -0.508 e. The Morgan fingerprint density at radius 1 is 1.25 bits per heavy atom. The number of aromatic hydroxyl groups is 1. The minimum atomic E-state index is 0.235. The van der Waals surface area contributed by atoms with Crippen molar-refractivity contribution in [1.82, 2.24) is 10.3 Å². The molecule has 0 spiro atoms. The fourth-order valence-corrected chi connectivity index (χ4v) is 3.09. The lowest BCUT2D eigenvalue weighted by molar-refractivity contribution is -0.109. The second-order valence-corrected chi connectivity index (χ2v) is 7.32. The van der Waals surface area contributed by atoms with Crippen LogP contribution in [0.15, 0.2) is 60.2 Å². The number of phenols is 1. The Morgan fingerprint density at radius 3 is 2.79 bits per heavy atom. The van der Waals surface area contributed by atoms with Gasteiger partial charge in [0, 0.05) is 17.0 Å². The van der Waals surface area contributed by atoms with Crippen LogP contribution >= 0.6 is 11.3 Å². The van der Waals surface area contributed by atoms with Gasteiger partial charge >= 0.3 is 0 Å². The number of nitrogens with zero attached hydrogens (tertiary/aromatic N) is 1. The van der Waals surface area contributed by atoms with E-state index >= 15 is 0 Å². The normalized spacial score (nSPS) is 15.4. The zero-order chi connectivity index (χ0) is 20.2. The third kappa shape index (κ3) is 7.65. The van der Waals surface area contributed by atoms with Gasteiger partial charge in [0.1, 0.15) is 5.75 Å². The number of nitrogens with one attached hydrogen (secondary N) is 1. The zero-order valence-electron chi connectivity index (χ0n) is 16.1. The van der Waals surface area contributed by atoms with Crippen LogP contribution in [0.25, 0.3) is 0 Å². The highest BCUT2D eigenvalue weighted by molar-refractivity contribution is 7.12. The number of hydrogen-bond acceptors (Lipinski definition) is 4. The van der Waals surface area contributed by atoms with Crippen molar-refractivity contribution in [2.75, 3.05) is 6.54 Å². The van der Waals surface area contributed by atoms with Crippen LogP contribution in [0.1, 0.15) is 34.0 Å². The van der Waals surface area contributed by atoms with Crippen LogP contribution in [0.4, 0.5) is 0 Å². The van der Waals surface area contributed by atoms with E-state index in [0.717, 1.165) is 35.5 Å². The van der Waals surface area contributed by atoms with Crippen molar-refractivity contribution in [3.63, 3.8) is 0 Å². The van der Waals surface area contributed by atoms with Crippen molar-refractivity contribution >= 4 is 17.7 Å². The smallest absolute Gasteiger partial charge is 0.207 e. The van der Waals surface area contributed by atoms with Crippen molar-refractivity contribution < 1.29 is 9.90 Å². The van der Waals surface area contributed by atoms with E-state index in [1.165, 1.54) is 10.5 Å². The number of phenolic OH excluding ortho intramolecular Hbond substituents is 1. The van der Waals surface area contributed by atoms with E-state index in [4.69, 9.17) is 0 Å². The molecule has 0 fully saturated rings. The Kier molecular flexibility index (Phi) is 8.77. The highest BCUT2D eigenvalue weighted by atomic mass is 32.1. The van der Waals surface area contributed by atoms with Gasteiger partial charge in [0.25, 0.3) is 0 Å². The van der Waals surface area contributed by atoms with Gasteiger partial charge in [0.15, 0.2) is 5.01 Å². The summed E-state index contributed by atoms with van der Waals surface area (Å²) in [5.74, 6) is 6.21. The molecule has 0 aliphatic heterocycles. The minimum absolute atomic E-state index is 0.235. The van der Waals surface area contributed by atoms with Gasteiger partial charge in [-0.05, 0) is 50.8 Å². The second kappa shape index (κ2) is 11.6. The number of aromatic nitrogens is 1. The van der Waals surface area contributed by atoms with Crippen molar-refractivity contribution in [3.8, 4) is 17.6 Å². The Bertz CT molecular complexity index is 923. The van der Waals surface area contributed by atoms with E-state index in [0.29, 0.717) is 6.54 Å². The van der Waals surface area contributed by atoms with E-state index in [1.54, 1.807) is 29.5 Å². The monoisotopic (exact) mass is 392 g/mol. The lowest BCUT2D eigenvalue weighted by atomic mass is 10.1. The van der Waals surface area contributed by atoms with E-state index in [9.17, 15) is 9.90 Å². The first kappa shape index (κ1) is 21.2. The highest BCUT2D eigenvalue weighted by Gasteiger charge is 1.99. The summed E-state index contributed by atoms with van der Waals surface area (Å²) in [6.07, 6.45) is 13.0. The number of amides is 1. The summed E-state index contributed by atoms with van der Waals surface area (Å²) in [5.41, 5.74) is 3.10. The predicted molar refractivity (Wildman–Crippen MR) is 115 cm³/mol. The number of benzene rings is 1. The summed E-state index contributed by atoms with van der Waals surface area (Å²) in [6, 6.07) is 6.90. The molecule has 2 N–H and O–H groups in total. The number of hydrogen-bond donors (Lipinski definition) is 2. The summed E-state index contributed by atoms with van der Waals surface area (Å²) in [6.45, 7) is 4.68. The average Bonchev–Trinajstić information content (AvgIpc) is 2.98. The van der Waals surface area contributed by atoms with E-state index in [-0.39, 0.29) is 5.75 Å². The highest BCUT2D eigenvalue weighted by Crippen LogP contribution is 2.15. The molecule has 5 heteroatoms. The van der Waals surface area contributed by atoms with Crippen molar-refractivity contribution in [1.29, 1.82) is 0 Å². The molecule has 3 rings (SSSR count). The Labute approximate surface area is 170 Å². The SMILES string of the molecule is Cc1nc(C#Cc2cccc(O)c2)sc1C.O=CNC/C1=C/CC=C/C=C\C1. The van der Waals surface area contributed by atoms with Crippen LogP contribution in [0.3, 0.4) is 0 Å². The number of allylic oxidation sites excluding steroid dienone is 5. The fourth-order valence-electron chi connectivity index (χ4n) is 2.33. The first-order chi connectivity index (χ1) is 13.6. The Morgan fingerprint density at radius 2 is 2.07 bits per heavy atom. The molecule has 1 amide bonds. The molecule has 1 aromatic carbocycles. The summed E-state index contributed by atoms with van der Waals surface area (Å²) >= 11 is 1.59. The number of rotatable bonds is 3. The number of carbonyl (C=O) groups excluding carboxylic acids is 1. The van der Waals surface area contributed by atoms with Gasteiger partial charge in [-0.1, -0.05) is 47.9 Å². The summed E-state index contributed by atoms with van der Waals surface area (Å²) in [7, 11) is 0. The van der Waals surface area contributed by atoms with Gasteiger partial charge in [0.05, 0.1) is 5.69 Å². The maximum atomic E-state index is 10.0. The maximum absolute atomic E-state index is 10.0. The molecule has 1 aliphatic carbocycles. The van der Waals surface area contributed by atoms with Gasteiger partial charge in [-0.25, -0.2) is 4.98 Å². The van der Waals surface area contributed by atoms with E-state index in [2.05, 4.69) is 40.4 Å². The first-order valence-corrected chi connectivity index (χ1v) is 9.82. The number of carbonyl (C=O) groups is 1. The van der Waals surface area contributed by atoms with Gasteiger partial charge < -0.3 is 10.4 Å². The molecule has 2 aromatic rings. The largest absolute Gasteiger partial charge is 0.508 e. The van der Waals surface area contributed by atoms with Crippen LogP contribution in [-0.4, -0.2) is 23.0 Å². The van der Waals surface area contributed by atoms with Crippen LogP contribution < -0.4 is 5.32 Å². The van der Waals surface area contributed by atoms with E-state index < -0.39 is 0 Å². The van der Waals surface area contributed by atoms with Crippen LogP contribution in [0, 0.1) is 25.7 Å². The molecule has 0 radical (unpaired) electrons. The van der Waals surface area contributed by atoms with Gasteiger partial charge in [-0.15, -0.1) is 11.3 Å². The molecular formula is C23H24N2O2S. The lowest BCUT2D eigenvalue weighted by Gasteiger charge is -2.03. The van der Waals surface area contributed by atoms with Crippen molar-refractivity contribution in [2.24, 2.45) is 0 Å². The van der Waals surface area contributed by atoms with Gasteiger partial charge in [-0.3, -0.25) is 4.79 Å². The first-order valence-electron chi connectivity index (χ1n) is 9.00. The fraction of sp³-hybridized carbons (Fsp3) is 0.217. The topological polar surface area (TPSA) is 62.2 Å². The summed E-state index contributed by atoms with van der Waals surface area (Å²) < 4.78 is 0. The molecule has 1 aliphatic rings.